The first-order valence-corrected chi connectivity index (χ1v) is 7.50. The van der Waals surface area contributed by atoms with Gasteiger partial charge in [0.05, 0.1) is 6.10 Å². The van der Waals surface area contributed by atoms with Gasteiger partial charge in [0.15, 0.2) is 0 Å². The number of ether oxygens (including phenoxy) is 1. The van der Waals surface area contributed by atoms with Crippen molar-refractivity contribution in [2.75, 3.05) is 12.9 Å². The fraction of sp³-hybridized carbons (Fsp3) is 0.500. The number of benzene rings is 1. The minimum atomic E-state index is 0.258. The molecule has 0 aromatic heterocycles. The summed E-state index contributed by atoms with van der Waals surface area (Å²) in [6.45, 7) is 4.46. The highest BCUT2D eigenvalue weighted by molar-refractivity contribution is 7.99. The van der Waals surface area contributed by atoms with E-state index in [-0.39, 0.29) is 5.41 Å². The van der Waals surface area contributed by atoms with E-state index >= 15 is 0 Å². The molecule has 0 spiro atoms. The molecule has 1 aromatic rings. The number of methoxy groups -OCH3 is 1. The van der Waals surface area contributed by atoms with Crippen molar-refractivity contribution in [2.45, 2.75) is 37.7 Å². The van der Waals surface area contributed by atoms with E-state index in [1.165, 1.54) is 10.5 Å². The second-order valence-electron chi connectivity index (χ2n) is 5.46. The van der Waals surface area contributed by atoms with Crippen LogP contribution in [0, 0.1) is 12.3 Å². The third-order valence-corrected chi connectivity index (χ3v) is 4.95. The fourth-order valence-electron chi connectivity index (χ4n) is 2.35. The second-order valence-corrected chi connectivity index (χ2v) is 6.50. The largest absolute Gasteiger partial charge is 0.381 e. The molecular formula is C16H22OS. The molecule has 1 nitrogen and oxygen atoms in total. The Morgan fingerprint density at radius 1 is 1.33 bits per heavy atom. The van der Waals surface area contributed by atoms with Crippen LogP contribution in [0.25, 0.3) is 0 Å². The molecular weight excluding hydrogens is 240 g/mol. The van der Waals surface area contributed by atoms with Crippen molar-refractivity contribution in [3.8, 4) is 0 Å². The van der Waals surface area contributed by atoms with Crippen LogP contribution < -0.4 is 0 Å². The summed E-state index contributed by atoms with van der Waals surface area (Å²) in [5, 5.41) is 0. The zero-order chi connectivity index (χ0) is 13.0. The number of hydrogen-bond acceptors (Lipinski definition) is 2. The van der Waals surface area contributed by atoms with Crippen molar-refractivity contribution in [3.05, 3.63) is 42.0 Å². The normalized spacial score (nSPS) is 27.4. The van der Waals surface area contributed by atoms with E-state index < -0.39 is 0 Å². The number of hydrogen-bond donors (Lipinski definition) is 0. The molecule has 0 saturated heterocycles. The van der Waals surface area contributed by atoms with Crippen LogP contribution in [0.4, 0.5) is 0 Å². The maximum Gasteiger partial charge on any atom is 0.0614 e. The third-order valence-electron chi connectivity index (χ3n) is 3.54. The zero-order valence-electron chi connectivity index (χ0n) is 11.5. The molecule has 2 heteroatoms. The highest BCUT2D eigenvalue weighted by Crippen LogP contribution is 2.37. The van der Waals surface area contributed by atoms with Gasteiger partial charge in [0.1, 0.15) is 0 Å². The predicted molar refractivity (Wildman–Crippen MR) is 79.2 cm³/mol. The van der Waals surface area contributed by atoms with E-state index in [2.05, 4.69) is 50.3 Å². The van der Waals surface area contributed by atoms with Gasteiger partial charge in [-0.3, -0.25) is 0 Å². The molecule has 98 valence electrons. The lowest BCUT2D eigenvalue weighted by Gasteiger charge is -2.33. The Hall–Kier alpha value is -0.730. The third kappa shape index (κ3) is 3.63. The molecule has 1 aliphatic carbocycles. The van der Waals surface area contributed by atoms with Gasteiger partial charge in [0.25, 0.3) is 0 Å². The van der Waals surface area contributed by atoms with E-state index in [0.29, 0.717) is 6.10 Å². The molecule has 1 aliphatic rings. The van der Waals surface area contributed by atoms with Crippen LogP contribution in [-0.4, -0.2) is 19.0 Å². The van der Waals surface area contributed by atoms with Crippen molar-refractivity contribution in [1.82, 2.24) is 0 Å². The maximum atomic E-state index is 5.49. The van der Waals surface area contributed by atoms with Crippen molar-refractivity contribution in [3.63, 3.8) is 0 Å². The standard InChI is InChI=1S/C16H22OS/c1-13-6-8-15(9-7-13)18-12-16(2)10-4-5-14(11-16)17-3/h4,6-10,14H,5,11-12H2,1-3H3/t14-,16+/m0/s1. The van der Waals surface area contributed by atoms with Crippen LogP contribution >= 0.6 is 11.8 Å². The monoisotopic (exact) mass is 262 g/mol. The minimum absolute atomic E-state index is 0.258. The quantitative estimate of drug-likeness (QED) is 0.585. The molecule has 2 rings (SSSR count). The van der Waals surface area contributed by atoms with Crippen LogP contribution in [0.2, 0.25) is 0 Å². The molecule has 0 aliphatic heterocycles. The summed E-state index contributed by atoms with van der Waals surface area (Å²) >= 11 is 1.94. The molecule has 0 radical (unpaired) electrons. The van der Waals surface area contributed by atoms with Gasteiger partial charge in [-0.2, -0.15) is 0 Å². The average Bonchev–Trinajstić information content (AvgIpc) is 2.38. The number of allylic oxidation sites excluding steroid dienone is 1. The van der Waals surface area contributed by atoms with Gasteiger partial charge >= 0.3 is 0 Å². The van der Waals surface area contributed by atoms with Crippen molar-refractivity contribution < 1.29 is 4.74 Å². The Morgan fingerprint density at radius 3 is 2.72 bits per heavy atom. The first kappa shape index (κ1) is 13.7. The predicted octanol–water partition coefficient (Wildman–Crippen LogP) is 4.46. The Balaban J connectivity index is 1.94. The summed E-state index contributed by atoms with van der Waals surface area (Å²) in [5.74, 6) is 1.12. The Kier molecular flexibility index (Phi) is 4.52. The first-order valence-electron chi connectivity index (χ1n) is 6.51. The molecule has 0 fully saturated rings. The van der Waals surface area contributed by atoms with Crippen LogP contribution in [0.3, 0.4) is 0 Å². The molecule has 18 heavy (non-hydrogen) atoms. The van der Waals surface area contributed by atoms with E-state index in [0.717, 1.165) is 18.6 Å². The molecule has 0 bridgehead atoms. The van der Waals surface area contributed by atoms with Gasteiger partial charge in [-0.05, 0) is 37.3 Å². The van der Waals surface area contributed by atoms with E-state index in [4.69, 9.17) is 4.74 Å². The Bertz CT molecular complexity index is 410. The summed E-state index contributed by atoms with van der Waals surface area (Å²) in [6, 6.07) is 8.78. The molecule has 0 heterocycles. The molecule has 0 unspecified atom stereocenters. The number of rotatable bonds is 4. The Labute approximate surface area is 115 Å². The molecule has 0 saturated carbocycles. The average molecular weight is 262 g/mol. The highest BCUT2D eigenvalue weighted by Gasteiger charge is 2.28. The molecule has 0 N–H and O–H groups in total. The van der Waals surface area contributed by atoms with E-state index in [9.17, 15) is 0 Å². The Morgan fingerprint density at radius 2 is 2.06 bits per heavy atom. The maximum absolute atomic E-state index is 5.49. The van der Waals surface area contributed by atoms with Crippen molar-refractivity contribution >= 4 is 11.8 Å². The SMILES string of the molecule is CO[C@H]1CC=C[C@@](C)(CSc2ccc(C)cc2)C1. The van der Waals surface area contributed by atoms with Crippen molar-refractivity contribution in [1.29, 1.82) is 0 Å². The fourth-order valence-corrected chi connectivity index (χ4v) is 3.38. The zero-order valence-corrected chi connectivity index (χ0v) is 12.3. The minimum Gasteiger partial charge on any atom is -0.381 e. The molecule has 1 aromatic carbocycles. The van der Waals surface area contributed by atoms with Gasteiger partial charge in [-0.15, -0.1) is 11.8 Å². The number of thioether (sulfide) groups is 1. The van der Waals surface area contributed by atoms with Gasteiger partial charge in [-0.1, -0.05) is 36.8 Å². The van der Waals surface area contributed by atoms with Crippen LogP contribution in [0.5, 0.6) is 0 Å². The van der Waals surface area contributed by atoms with Crippen molar-refractivity contribution in [2.24, 2.45) is 5.41 Å². The molecule has 0 amide bonds. The van der Waals surface area contributed by atoms with Crippen LogP contribution in [0.15, 0.2) is 41.3 Å². The van der Waals surface area contributed by atoms with Crippen LogP contribution in [-0.2, 0) is 4.74 Å². The second kappa shape index (κ2) is 5.94. The van der Waals surface area contributed by atoms with Gasteiger partial charge in [-0.25, -0.2) is 0 Å². The highest BCUT2D eigenvalue weighted by atomic mass is 32.2. The van der Waals surface area contributed by atoms with E-state index in [1.54, 1.807) is 0 Å². The summed E-state index contributed by atoms with van der Waals surface area (Å²) < 4.78 is 5.49. The molecule has 2 atom stereocenters. The topological polar surface area (TPSA) is 9.23 Å². The lowest BCUT2D eigenvalue weighted by molar-refractivity contribution is 0.0696. The lowest BCUT2D eigenvalue weighted by atomic mass is 9.81. The van der Waals surface area contributed by atoms with Gasteiger partial charge in [0.2, 0.25) is 0 Å². The van der Waals surface area contributed by atoms with E-state index in [1.807, 2.05) is 18.9 Å². The van der Waals surface area contributed by atoms with Gasteiger partial charge in [0, 0.05) is 17.8 Å². The lowest BCUT2D eigenvalue weighted by Crippen LogP contribution is -2.28. The number of aryl methyl sites for hydroxylation is 1. The first-order chi connectivity index (χ1) is 8.61. The summed E-state index contributed by atoms with van der Waals surface area (Å²) in [7, 11) is 1.82. The smallest absolute Gasteiger partial charge is 0.0614 e. The summed E-state index contributed by atoms with van der Waals surface area (Å²) in [6.07, 6.45) is 7.20. The summed E-state index contributed by atoms with van der Waals surface area (Å²) in [5.41, 5.74) is 1.58. The summed E-state index contributed by atoms with van der Waals surface area (Å²) in [4.78, 5) is 1.36. The van der Waals surface area contributed by atoms with Gasteiger partial charge < -0.3 is 4.74 Å². The van der Waals surface area contributed by atoms with Crippen LogP contribution in [0.1, 0.15) is 25.3 Å².